The van der Waals surface area contributed by atoms with Crippen LogP contribution in [0, 0.1) is 25.0 Å². The van der Waals surface area contributed by atoms with Crippen molar-refractivity contribution in [3.05, 3.63) is 25.3 Å². The number of rotatable bonds is 1. The summed E-state index contributed by atoms with van der Waals surface area (Å²) in [5, 5.41) is 0. The van der Waals surface area contributed by atoms with Crippen LogP contribution < -0.4 is 0 Å². The molecule has 0 aromatic rings. The largest absolute Gasteiger partial charge is 0.394 e. The van der Waals surface area contributed by atoms with Gasteiger partial charge in [-0.05, 0) is 11.8 Å². The van der Waals surface area contributed by atoms with Gasteiger partial charge in [0.1, 0.15) is 0 Å². The molecule has 0 amide bonds. The molecule has 2 unspecified atom stereocenters. The Labute approximate surface area is 153 Å². The number of hydrogen-bond acceptors (Lipinski definition) is 0. The zero-order chi connectivity index (χ0) is 12.0. The average Bonchev–Trinajstić information content (AvgIpc) is 2.32. The Bertz CT molecular complexity index is 94.3. The number of hydrogen-bond donors (Lipinski definition) is 0. The molecule has 0 aromatic heterocycles. The third-order valence-corrected chi connectivity index (χ3v) is 2.16. The molecule has 0 aliphatic heterocycles. The first-order valence-corrected chi connectivity index (χ1v) is 5.80. The molecule has 1 saturated carbocycles. The van der Waals surface area contributed by atoms with Gasteiger partial charge in [0.15, 0.2) is 0 Å². The standard InChI is InChI=1S/C6H12.C4H4.2C2H6.4CH4.Y/c1-5-3-4-6(5)2;1-3-4-2;2*1-2;;;;;/h5-6H,3-4H2,1-2H3;1-4H;2*1-2H3;4*1H4;/q;-2;;;;;;;. The van der Waals surface area contributed by atoms with Crippen LogP contribution in [0.2, 0.25) is 0 Å². The van der Waals surface area contributed by atoms with E-state index in [1.165, 1.54) is 25.0 Å². The molecule has 1 rings (SSSR count). The second-order valence-electron chi connectivity index (χ2n) is 2.92. The van der Waals surface area contributed by atoms with Crippen molar-refractivity contribution in [2.24, 2.45) is 11.8 Å². The smallest absolute Gasteiger partial charge is 0 e. The normalized spacial score (nSPS) is 15.9. The van der Waals surface area contributed by atoms with E-state index in [1.807, 2.05) is 27.7 Å². The van der Waals surface area contributed by atoms with Crippen molar-refractivity contribution in [2.75, 3.05) is 0 Å². The van der Waals surface area contributed by atoms with E-state index < -0.39 is 0 Å². The van der Waals surface area contributed by atoms with Crippen LogP contribution in [-0.2, 0) is 32.7 Å². The monoisotopic (exact) mass is 349 g/mol. The van der Waals surface area contributed by atoms with Crippen molar-refractivity contribution in [1.29, 1.82) is 0 Å². The Morgan fingerprint density at radius 1 is 0.684 bits per heavy atom. The maximum Gasteiger partial charge on any atom is 0 e. The minimum Gasteiger partial charge on any atom is -0.394 e. The fourth-order valence-corrected chi connectivity index (χ4v) is 0.833. The zero-order valence-corrected chi connectivity index (χ0v) is 14.3. The first kappa shape index (κ1) is 50.4. The molecular formula is C18H44Y-2. The topological polar surface area (TPSA) is 0 Å². The Kier molecular flexibility index (Phi) is 136. The molecule has 19 heavy (non-hydrogen) atoms. The molecule has 0 heterocycles. The summed E-state index contributed by atoms with van der Waals surface area (Å²) in [7, 11) is 0. The second kappa shape index (κ2) is 51.3. The van der Waals surface area contributed by atoms with Crippen molar-refractivity contribution < 1.29 is 32.7 Å². The summed E-state index contributed by atoms with van der Waals surface area (Å²) >= 11 is 0. The summed E-state index contributed by atoms with van der Waals surface area (Å²) < 4.78 is 0. The van der Waals surface area contributed by atoms with Crippen molar-refractivity contribution in [3.63, 3.8) is 0 Å². The van der Waals surface area contributed by atoms with Gasteiger partial charge < -0.3 is 25.3 Å². The fraction of sp³-hybridized carbons (Fsp3) is 0.778. The summed E-state index contributed by atoms with van der Waals surface area (Å²) in [5.41, 5.74) is 0. The molecule has 1 heteroatoms. The van der Waals surface area contributed by atoms with Crippen molar-refractivity contribution >= 4 is 0 Å². The van der Waals surface area contributed by atoms with Gasteiger partial charge in [-0.1, -0.05) is 84.1 Å². The van der Waals surface area contributed by atoms with E-state index in [4.69, 9.17) is 13.2 Å². The molecule has 0 nitrogen and oxygen atoms in total. The van der Waals surface area contributed by atoms with Crippen LogP contribution in [0.25, 0.3) is 0 Å². The molecular weight excluding hydrogens is 305 g/mol. The fourth-order valence-electron chi connectivity index (χ4n) is 0.833. The average molecular weight is 349 g/mol. The van der Waals surface area contributed by atoms with Gasteiger partial charge in [0.25, 0.3) is 0 Å². The van der Waals surface area contributed by atoms with Crippen molar-refractivity contribution in [3.8, 4) is 0 Å². The minimum absolute atomic E-state index is 0. The van der Waals surface area contributed by atoms with Gasteiger partial charge in [-0.2, -0.15) is 0 Å². The third kappa shape index (κ3) is 45.6. The predicted molar refractivity (Wildman–Crippen MR) is 94.9 cm³/mol. The first-order chi connectivity index (χ1) is 6.72. The molecule has 0 aromatic carbocycles. The van der Waals surface area contributed by atoms with Crippen LogP contribution in [-0.4, -0.2) is 0 Å². The molecule has 2 atom stereocenters. The molecule has 1 radical (unpaired) electrons. The van der Waals surface area contributed by atoms with Gasteiger partial charge in [0.2, 0.25) is 0 Å². The Morgan fingerprint density at radius 3 is 0.842 bits per heavy atom. The van der Waals surface area contributed by atoms with Gasteiger partial charge in [-0.25, -0.2) is 0 Å². The van der Waals surface area contributed by atoms with Crippen LogP contribution in [0.1, 0.15) is 84.1 Å². The van der Waals surface area contributed by atoms with Crippen LogP contribution in [0.5, 0.6) is 0 Å². The molecule has 121 valence electrons. The van der Waals surface area contributed by atoms with Gasteiger partial charge in [0.05, 0.1) is 0 Å². The van der Waals surface area contributed by atoms with Crippen LogP contribution >= 0.6 is 0 Å². The minimum atomic E-state index is 0. The van der Waals surface area contributed by atoms with Gasteiger partial charge in [-0.3, -0.25) is 0 Å². The van der Waals surface area contributed by atoms with Gasteiger partial charge in [-0.15, -0.1) is 0 Å². The molecule has 1 aliphatic carbocycles. The molecule has 0 spiro atoms. The van der Waals surface area contributed by atoms with Gasteiger partial charge >= 0.3 is 0 Å². The van der Waals surface area contributed by atoms with E-state index in [0.29, 0.717) is 0 Å². The van der Waals surface area contributed by atoms with Crippen molar-refractivity contribution in [2.45, 2.75) is 84.1 Å². The van der Waals surface area contributed by atoms with E-state index in [9.17, 15) is 0 Å². The van der Waals surface area contributed by atoms with Crippen molar-refractivity contribution in [1.82, 2.24) is 0 Å². The molecule has 0 N–H and O–H groups in total. The molecule has 1 fully saturated rings. The maximum atomic E-state index is 4.72. The molecule has 0 saturated heterocycles. The maximum absolute atomic E-state index is 4.72. The Morgan fingerprint density at radius 2 is 0.842 bits per heavy atom. The zero-order valence-electron chi connectivity index (χ0n) is 11.5. The summed E-state index contributed by atoms with van der Waals surface area (Å²) in [6.07, 6.45) is 5.50. The van der Waals surface area contributed by atoms with Crippen LogP contribution in [0.15, 0.2) is 12.2 Å². The predicted octanol–water partition coefficient (Wildman–Crippen LogP) is 7.61. The summed E-state index contributed by atoms with van der Waals surface area (Å²) in [4.78, 5) is 0. The summed E-state index contributed by atoms with van der Waals surface area (Å²) in [6, 6.07) is 0. The first-order valence-electron chi connectivity index (χ1n) is 5.80. The second-order valence-corrected chi connectivity index (χ2v) is 2.92. The van der Waals surface area contributed by atoms with Gasteiger partial charge in [0, 0.05) is 32.7 Å². The van der Waals surface area contributed by atoms with E-state index in [1.54, 1.807) is 0 Å². The van der Waals surface area contributed by atoms with E-state index in [-0.39, 0.29) is 62.4 Å². The van der Waals surface area contributed by atoms with E-state index in [0.717, 1.165) is 11.8 Å². The molecule has 0 bridgehead atoms. The van der Waals surface area contributed by atoms with E-state index in [2.05, 4.69) is 13.8 Å². The quantitative estimate of drug-likeness (QED) is 0.337. The summed E-state index contributed by atoms with van der Waals surface area (Å²) in [5.74, 6) is 2.06. The van der Waals surface area contributed by atoms with E-state index >= 15 is 0 Å². The SMILES string of the molecule is C.C.C.C.CC.CC.CC1CCC1C.[CH-]=CC=[CH-].[Y]. The summed E-state index contributed by atoms with van der Waals surface area (Å²) in [6.45, 7) is 22.1. The Hall–Kier alpha value is 0.584. The van der Waals surface area contributed by atoms with Crippen LogP contribution in [0.3, 0.4) is 0 Å². The third-order valence-electron chi connectivity index (χ3n) is 2.16. The van der Waals surface area contributed by atoms with Crippen LogP contribution in [0.4, 0.5) is 0 Å². The number of allylic oxidation sites excluding steroid dienone is 2. The molecule has 1 aliphatic rings. The Balaban J connectivity index is -0.0000000143.